The van der Waals surface area contributed by atoms with Crippen molar-refractivity contribution in [2.45, 2.75) is 98.2 Å². The molecule has 0 aliphatic carbocycles. The minimum Gasteiger partial charge on any atom is -0.469 e. The van der Waals surface area contributed by atoms with E-state index >= 15 is 0 Å². The van der Waals surface area contributed by atoms with E-state index in [-0.39, 0.29) is 29.6 Å². The second-order valence-corrected chi connectivity index (χ2v) is 16.3. The summed E-state index contributed by atoms with van der Waals surface area (Å²) in [7, 11) is 0. The highest BCUT2D eigenvalue weighted by atomic mass is 16.5. The number of rotatable bonds is 8. The van der Waals surface area contributed by atoms with Crippen molar-refractivity contribution in [2.75, 3.05) is 13.1 Å². The van der Waals surface area contributed by atoms with Crippen LogP contribution in [-0.2, 0) is 0 Å². The zero-order valence-electron chi connectivity index (χ0n) is 30.1. The lowest BCUT2D eigenvalue weighted by Gasteiger charge is -2.34. The monoisotopic (exact) mass is 677 g/mol. The predicted octanol–water partition coefficient (Wildman–Crippen LogP) is 8.69. The first-order valence-corrected chi connectivity index (χ1v) is 18.4. The molecule has 2 aromatic carbocycles. The number of aliphatic hydroxyl groups is 1. The minimum atomic E-state index is -0.483. The van der Waals surface area contributed by atoms with E-state index in [1.54, 1.807) is 0 Å². The van der Waals surface area contributed by atoms with Crippen molar-refractivity contribution in [3.05, 3.63) is 66.5 Å². The van der Waals surface area contributed by atoms with Crippen molar-refractivity contribution in [2.24, 2.45) is 17.3 Å². The number of imidazole rings is 2. The number of hydroxylamine groups is 2. The first-order chi connectivity index (χ1) is 23.9. The quantitative estimate of drug-likeness (QED) is 0.130. The molecule has 5 aromatic rings. The first-order valence-electron chi connectivity index (χ1n) is 18.4. The van der Waals surface area contributed by atoms with Crippen LogP contribution >= 0.6 is 0 Å². The highest BCUT2D eigenvalue weighted by Crippen LogP contribution is 2.47. The van der Waals surface area contributed by atoms with E-state index < -0.39 is 6.23 Å². The van der Waals surface area contributed by atoms with Crippen LogP contribution in [0, 0.1) is 17.3 Å². The van der Waals surface area contributed by atoms with Crippen LogP contribution in [0.3, 0.4) is 0 Å². The number of likely N-dealkylation sites (tertiary alicyclic amines) is 1. The molecule has 0 spiro atoms. The van der Waals surface area contributed by atoms with Crippen LogP contribution in [-0.4, -0.2) is 64.1 Å². The van der Waals surface area contributed by atoms with Crippen molar-refractivity contribution in [3.63, 3.8) is 0 Å². The van der Waals surface area contributed by atoms with E-state index in [1.165, 1.54) is 5.06 Å². The number of H-pyrrole nitrogens is 2. The standard InChI is InChI=1S/C40H51N7O3/c1-23(2)24(3)39(48)45-15-7-9-32(45)37-41-21-29(43-37)25-12-14-31-27(17-25)18-34-28-13-11-26(19-35(28)50-36(47(31)34)20-40(4,5)6)30-22-42-38(44-30)33-10-8-16-46(33)49/h11-14,17-19,21-24,32-33,36,39,48-49H,7-10,15-16,20H2,1-6H3,(H,41,43)(H,42,44). The van der Waals surface area contributed by atoms with E-state index in [9.17, 15) is 10.3 Å². The Morgan fingerprint density at radius 2 is 1.54 bits per heavy atom. The Labute approximate surface area is 294 Å². The zero-order valence-corrected chi connectivity index (χ0v) is 30.1. The van der Waals surface area contributed by atoms with Crippen LogP contribution in [0.15, 0.2) is 54.9 Å². The molecule has 10 nitrogen and oxygen atoms in total. The molecule has 8 rings (SSSR count). The fourth-order valence-electron chi connectivity index (χ4n) is 8.16. The maximum Gasteiger partial charge on any atom is 0.177 e. The Balaban J connectivity index is 1.12. The molecule has 0 bridgehead atoms. The predicted molar refractivity (Wildman–Crippen MR) is 195 cm³/mol. The number of aromatic amines is 2. The third-order valence-electron chi connectivity index (χ3n) is 11.3. The number of nitrogens with one attached hydrogen (secondary N) is 2. The van der Waals surface area contributed by atoms with E-state index in [0.717, 1.165) is 101 Å². The van der Waals surface area contributed by atoms with Crippen LogP contribution in [0.2, 0.25) is 0 Å². The number of hydrogen-bond donors (Lipinski definition) is 4. The lowest BCUT2D eigenvalue weighted by Crippen LogP contribution is -2.41. The number of aromatic nitrogens is 5. The third kappa shape index (κ3) is 5.96. The molecule has 10 heteroatoms. The highest BCUT2D eigenvalue weighted by molar-refractivity contribution is 5.92. The average molecular weight is 678 g/mol. The fraction of sp³-hybridized carbons (Fsp3) is 0.500. The van der Waals surface area contributed by atoms with Crippen LogP contribution in [0.4, 0.5) is 0 Å². The van der Waals surface area contributed by atoms with Gasteiger partial charge >= 0.3 is 0 Å². The average Bonchev–Trinajstić information content (AvgIpc) is 3.91. The van der Waals surface area contributed by atoms with Gasteiger partial charge in [-0.1, -0.05) is 53.7 Å². The van der Waals surface area contributed by atoms with Gasteiger partial charge in [-0.2, -0.15) is 5.06 Å². The molecule has 5 unspecified atom stereocenters. The molecule has 0 radical (unpaired) electrons. The van der Waals surface area contributed by atoms with Crippen molar-refractivity contribution in [1.82, 2.24) is 34.5 Å². The van der Waals surface area contributed by atoms with E-state index in [0.29, 0.717) is 12.5 Å². The molecule has 3 aliphatic heterocycles. The third-order valence-corrected chi connectivity index (χ3v) is 11.3. The summed E-state index contributed by atoms with van der Waals surface area (Å²) < 4.78 is 9.23. The molecule has 2 saturated heterocycles. The second kappa shape index (κ2) is 12.7. The smallest absolute Gasteiger partial charge is 0.177 e. The van der Waals surface area contributed by atoms with Crippen LogP contribution in [0.25, 0.3) is 44.7 Å². The summed E-state index contributed by atoms with van der Waals surface area (Å²) in [6, 6.07) is 15.3. The SMILES string of the molecule is CC(C)C(C)C(O)N1CCCC1c1ncc(-c2ccc3c(c2)cc2n3C(CC(C)(C)C)Oc3cc(-c4cnc(C5CCCN5O)[nH]4)ccc3-2)[nH]1. The molecule has 0 amide bonds. The van der Waals surface area contributed by atoms with E-state index in [4.69, 9.17) is 9.72 Å². The van der Waals surface area contributed by atoms with Crippen molar-refractivity contribution >= 4 is 10.9 Å². The number of fused-ring (bicyclic) bond motifs is 5. The summed E-state index contributed by atoms with van der Waals surface area (Å²) in [5, 5.41) is 24.0. The highest BCUT2D eigenvalue weighted by Gasteiger charge is 2.36. The molecule has 4 N–H and O–H groups in total. The summed E-state index contributed by atoms with van der Waals surface area (Å²) in [5.74, 6) is 3.17. The number of ether oxygens (including phenoxy) is 1. The number of benzene rings is 2. The van der Waals surface area contributed by atoms with Gasteiger partial charge in [-0.15, -0.1) is 0 Å². The maximum absolute atomic E-state index is 11.2. The minimum absolute atomic E-state index is 0.0459. The van der Waals surface area contributed by atoms with Gasteiger partial charge < -0.3 is 29.6 Å². The van der Waals surface area contributed by atoms with Gasteiger partial charge in [0.15, 0.2) is 6.23 Å². The zero-order chi connectivity index (χ0) is 34.9. The van der Waals surface area contributed by atoms with Crippen molar-refractivity contribution in [1.29, 1.82) is 0 Å². The molecule has 5 atom stereocenters. The summed E-state index contributed by atoms with van der Waals surface area (Å²) in [5.41, 5.74) is 7.39. The lowest BCUT2D eigenvalue weighted by atomic mass is 9.90. The molecular weight excluding hydrogens is 626 g/mol. The Morgan fingerprint density at radius 3 is 2.22 bits per heavy atom. The number of hydrogen-bond acceptors (Lipinski definition) is 7. The van der Waals surface area contributed by atoms with Crippen LogP contribution < -0.4 is 4.74 Å². The summed E-state index contributed by atoms with van der Waals surface area (Å²) in [6.07, 6.45) is 7.88. The molecule has 0 saturated carbocycles. The molecule has 3 aromatic heterocycles. The van der Waals surface area contributed by atoms with Gasteiger partial charge in [-0.05, 0) is 73.3 Å². The Hall–Kier alpha value is -3.96. The topological polar surface area (TPSA) is 118 Å². The van der Waals surface area contributed by atoms with E-state index in [2.05, 4.69) is 108 Å². The molecule has 3 aliphatic rings. The second-order valence-electron chi connectivity index (χ2n) is 16.3. The first kappa shape index (κ1) is 33.2. The fourth-order valence-corrected chi connectivity index (χ4v) is 8.16. The van der Waals surface area contributed by atoms with Crippen molar-refractivity contribution < 1.29 is 15.1 Å². The largest absolute Gasteiger partial charge is 0.469 e. The van der Waals surface area contributed by atoms with Crippen LogP contribution in [0.1, 0.15) is 104 Å². The van der Waals surface area contributed by atoms with Crippen LogP contribution in [0.5, 0.6) is 5.75 Å². The lowest BCUT2D eigenvalue weighted by molar-refractivity contribution is -0.106. The Kier molecular flexibility index (Phi) is 8.41. The Bertz CT molecular complexity index is 2000. The Morgan fingerprint density at radius 1 is 0.880 bits per heavy atom. The molecule has 50 heavy (non-hydrogen) atoms. The van der Waals surface area contributed by atoms with Gasteiger partial charge in [0.05, 0.1) is 47.1 Å². The van der Waals surface area contributed by atoms with Crippen molar-refractivity contribution in [3.8, 4) is 39.5 Å². The summed E-state index contributed by atoms with van der Waals surface area (Å²) in [4.78, 5) is 18.8. The van der Waals surface area contributed by atoms with Gasteiger partial charge in [0.25, 0.3) is 0 Å². The molecule has 6 heterocycles. The van der Waals surface area contributed by atoms with Gasteiger partial charge in [0, 0.05) is 41.6 Å². The van der Waals surface area contributed by atoms with Gasteiger partial charge in [0.2, 0.25) is 0 Å². The van der Waals surface area contributed by atoms with Gasteiger partial charge in [-0.25, -0.2) is 9.97 Å². The number of aliphatic hydroxyl groups excluding tert-OH is 1. The molecular formula is C40H51N7O3. The number of nitrogens with zero attached hydrogens (tertiary/aromatic N) is 5. The maximum atomic E-state index is 11.2. The summed E-state index contributed by atoms with van der Waals surface area (Å²) >= 11 is 0. The normalized spacial score (nSPS) is 22.6. The summed E-state index contributed by atoms with van der Waals surface area (Å²) in [6.45, 7) is 14.8. The van der Waals surface area contributed by atoms with E-state index in [1.807, 2.05) is 12.4 Å². The van der Waals surface area contributed by atoms with Gasteiger partial charge in [0.1, 0.15) is 23.6 Å². The van der Waals surface area contributed by atoms with Gasteiger partial charge in [-0.3, -0.25) is 4.90 Å². The molecule has 264 valence electrons. The molecule has 2 fully saturated rings.